The van der Waals surface area contributed by atoms with E-state index in [1.165, 1.54) is 30.3 Å². The molecule has 0 aliphatic heterocycles. The second kappa shape index (κ2) is 8.83. The van der Waals surface area contributed by atoms with Gasteiger partial charge in [0.1, 0.15) is 23.0 Å². The van der Waals surface area contributed by atoms with Crippen LogP contribution in [0, 0.1) is 0 Å². The molecule has 1 aromatic carbocycles. The summed E-state index contributed by atoms with van der Waals surface area (Å²) in [5.74, 6) is -2.29. The Labute approximate surface area is 196 Å². The topological polar surface area (TPSA) is 96.9 Å². The first-order chi connectivity index (χ1) is 15.1. The van der Waals surface area contributed by atoms with Crippen LogP contribution in [0.5, 0.6) is 0 Å². The third-order valence-electron chi connectivity index (χ3n) is 4.23. The quantitative estimate of drug-likeness (QED) is 0.455. The molecule has 33 heavy (non-hydrogen) atoms. The van der Waals surface area contributed by atoms with Gasteiger partial charge in [-0.15, -0.1) is 0 Å². The first kappa shape index (κ1) is 24.8. The number of benzene rings is 1. The van der Waals surface area contributed by atoms with Crippen LogP contribution in [0.4, 0.5) is 26.1 Å². The summed E-state index contributed by atoms with van der Waals surface area (Å²) in [6.07, 6.45) is 1.08. The molecule has 2 heterocycles. The summed E-state index contributed by atoms with van der Waals surface area (Å²) in [5.41, 5.74) is -0.206. The second-order valence-electron chi connectivity index (χ2n) is 8.71. The van der Waals surface area contributed by atoms with Gasteiger partial charge in [0.2, 0.25) is 0 Å². The van der Waals surface area contributed by atoms with Gasteiger partial charge in [-0.25, -0.2) is 23.4 Å². The van der Waals surface area contributed by atoms with Crippen molar-refractivity contribution in [2.75, 3.05) is 16.9 Å². The molecule has 0 amide bonds. The highest BCUT2D eigenvalue weighted by molar-refractivity contribution is 7.90. The van der Waals surface area contributed by atoms with E-state index in [-0.39, 0.29) is 27.0 Å². The molecular formula is C22H24ClF2N5O2S. The van der Waals surface area contributed by atoms with Crippen LogP contribution < -0.4 is 10.6 Å². The van der Waals surface area contributed by atoms with Crippen molar-refractivity contribution in [3.8, 4) is 11.5 Å². The molecule has 2 aromatic heterocycles. The summed E-state index contributed by atoms with van der Waals surface area (Å²) >= 11 is 6.10. The Morgan fingerprint density at radius 3 is 2.21 bits per heavy atom. The Bertz CT molecular complexity index is 1290. The number of sulfone groups is 1. The molecule has 11 heteroatoms. The monoisotopic (exact) mass is 495 g/mol. The first-order valence-corrected chi connectivity index (χ1v) is 12.2. The zero-order valence-corrected chi connectivity index (χ0v) is 20.3. The smallest absolute Gasteiger partial charge is 0.286 e. The maximum atomic E-state index is 13.8. The van der Waals surface area contributed by atoms with E-state index >= 15 is 0 Å². The van der Waals surface area contributed by atoms with Gasteiger partial charge in [-0.3, -0.25) is 0 Å². The number of hydrogen-bond donors (Lipinski definition) is 2. The number of nitrogens with one attached hydrogen (secondary N) is 2. The SMILES string of the molecule is CC(C)(C)Nc1cc(Nc2cc(Cl)cc(S(C)(=O)=O)c2)nc(-c2cccc(C(C)(F)F)n2)n1. The Morgan fingerprint density at radius 1 is 0.939 bits per heavy atom. The van der Waals surface area contributed by atoms with Gasteiger partial charge >= 0.3 is 0 Å². The highest BCUT2D eigenvalue weighted by atomic mass is 35.5. The summed E-state index contributed by atoms with van der Waals surface area (Å²) < 4.78 is 51.5. The molecule has 0 aliphatic carbocycles. The van der Waals surface area contributed by atoms with Crippen molar-refractivity contribution in [1.29, 1.82) is 0 Å². The number of nitrogens with zero attached hydrogens (tertiary/aromatic N) is 3. The molecule has 0 radical (unpaired) electrons. The molecule has 0 aliphatic rings. The molecule has 0 bridgehead atoms. The highest BCUT2D eigenvalue weighted by Crippen LogP contribution is 2.29. The lowest BCUT2D eigenvalue weighted by molar-refractivity contribution is 0.0129. The average molecular weight is 496 g/mol. The maximum Gasteiger partial charge on any atom is 0.286 e. The largest absolute Gasteiger partial charge is 0.365 e. The van der Waals surface area contributed by atoms with E-state index < -0.39 is 21.5 Å². The third-order valence-corrected chi connectivity index (χ3v) is 5.54. The Hall–Kier alpha value is -2.85. The van der Waals surface area contributed by atoms with E-state index in [9.17, 15) is 17.2 Å². The second-order valence-corrected chi connectivity index (χ2v) is 11.2. The molecular weight excluding hydrogens is 472 g/mol. The van der Waals surface area contributed by atoms with Gasteiger partial charge in [-0.2, -0.15) is 8.78 Å². The number of aromatic nitrogens is 3. The summed E-state index contributed by atoms with van der Waals surface area (Å²) in [7, 11) is -3.49. The van der Waals surface area contributed by atoms with Crippen molar-refractivity contribution in [1.82, 2.24) is 15.0 Å². The van der Waals surface area contributed by atoms with E-state index in [4.69, 9.17) is 11.6 Å². The van der Waals surface area contributed by atoms with E-state index in [0.717, 1.165) is 13.2 Å². The average Bonchev–Trinajstić information content (AvgIpc) is 2.64. The van der Waals surface area contributed by atoms with E-state index in [1.807, 2.05) is 20.8 Å². The lowest BCUT2D eigenvalue weighted by atomic mass is 10.1. The zero-order valence-electron chi connectivity index (χ0n) is 18.7. The minimum absolute atomic E-state index is 0.0411. The number of halogens is 3. The fourth-order valence-electron chi connectivity index (χ4n) is 2.87. The molecule has 176 valence electrons. The fraction of sp³-hybridized carbons (Fsp3) is 0.318. The number of rotatable bonds is 6. The number of pyridine rings is 1. The molecule has 2 N–H and O–H groups in total. The minimum atomic E-state index is -3.49. The van der Waals surface area contributed by atoms with E-state index in [0.29, 0.717) is 17.3 Å². The normalized spacial score (nSPS) is 12.5. The maximum absolute atomic E-state index is 13.8. The Kier molecular flexibility index (Phi) is 6.63. The molecule has 0 unspecified atom stereocenters. The summed E-state index contributed by atoms with van der Waals surface area (Å²) in [4.78, 5) is 12.9. The van der Waals surface area contributed by atoms with Crippen LogP contribution in [0.1, 0.15) is 33.4 Å². The highest BCUT2D eigenvalue weighted by Gasteiger charge is 2.26. The van der Waals surface area contributed by atoms with Gasteiger partial charge in [0, 0.05) is 35.5 Å². The van der Waals surface area contributed by atoms with Crippen molar-refractivity contribution in [3.05, 3.63) is 53.2 Å². The van der Waals surface area contributed by atoms with Crippen LogP contribution in [0.3, 0.4) is 0 Å². The van der Waals surface area contributed by atoms with Crippen molar-refractivity contribution < 1.29 is 17.2 Å². The molecule has 0 atom stereocenters. The van der Waals surface area contributed by atoms with E-state index in [2.05, 4.69) is 25.6 Å². The predicted octanol–water partition coefficient (Wildman–Crippen LogP) is 5.66. The number of anilines is 3. The van der Waals surface area contributed by atoms with Crippen LogP contribution in [0.25, 0.3) is 11.5 Å². The predicted molar refractivity (Wildman–Crippen MR) is 126 cm³/mol. The minimum Gasteiger partial charge on any atom is -0.365 e. The Balaban J connectivity index is 2.10. The lowest BCUT2D eigenvalue weighted by Gasteiger charge is -2.22. The number of hydrogen-bond acceptors (Lipinski definition) is 7. The molecule has 3 rings (SSSR count). The molecule has 0 saturated heterocycles. The summed E-state index contributed by atoms with van der Waals surface area (Å²) in [6, 6.07) is 10.2. The summed E-state index contributed by atoms with van der Waals surface area (Å²) in [6.45, 7) is 6.58. The van der Waals surface area contributed by atoms with Crippen LogP contribution in [-0.4, -0.2) is 35.2 Å². The lowest BCUT2D eigenvalue weighted by Crippen LogP contribution is -2.27. The van der Waals surface area contributed by atoms with Crippen molar-refractivity contribution in [2.45, 2.75) is 44.1 Å². The van der Waals surface area contributed by atoms with Crippen LogP contribution in [0.15, 0.2) is 47.4 Å². The summed E-state index contributed by atoms with van der Waals surface area (Å²) in [5, 5.41) is 6.47. The van der Waals surface area contributed by atoms with Crippen molar-refractivity contribution in [2.24, 2.45) is 0 Å². The van der Waals surface area contributed by atoms with Gasteiger partial charge < -0.3 is 10.6 Å². The van der Waals surface area contributed by atoms with Crippen LogP contribution in [-0.2, 0) is 15.8 Å². The molecule has 0 fully saturated rings. The van der Waals surface area contributed by atoms with E-state index in [1.54, 1.807) is 12.1 Å². The van der Waals surface area contributed by atoms with Crippen LogP contribution >= 0.6 is 11.6 Å². The third kappa shape index (κ3) is 6.82. The molecule has 0 spiro atoms. The van der Waals surface area contributed by atoms with Gasteiger partial charge in [0.15, 0.2) is 15.7 Å². The van der Waals surface area contributed by atoms with Crippen molar-refractivity contribution in [3.63, 3.8) is 0 Å². The van der Waals surface area contributed by atoms with Crippen LogP contribution in [0.2, 0.25) is 5.02 Å². The molecule has 7 nitrogen and oxygen atoms in total. The Morgan fingerprint density at radius 2 is 1.61 bits per heavy atom. The van der Waals surface area contributed by atoms with Gasteiger partial charge in [-0.05, 0) is 51.1 Å². The van der Waals surface area contributed by atoms with Gasteiger partial charge in [0.25, 0.3) is 5.92 Å². The van der Waals surface area contributed by atoms with Gasteiger partial charge in [-0.1, -0.05) is 17.7 Å². The standard InChI is InChI=1S/C22H24ClF2N5O2S/c1-21(2,3)30-19-12-18(26-14-9-13(23)10-15(11-14)33(5,31)32)28-20(29-19)16-7-6-8-17(27-16)22(4,24)25/h6-12H,1-5H3,(H2,26,28,29,30). The van der Waals surface area contributed by atoms with Crippen molar-refractivity contribution >= 4 is 38.8 Å². The van der Waals surface area contributed by atoms with Gasteiger partial charge in [0.05, 0.1) is 4.90 Å². The number of alkyl halides is 2. The molecule has 3 aromatic rings. The zero-order chi connectivity index (χ0) is 24.6. The molecule has 0 saturated carbocycles. The first-order valence-electron chi connectivity index (χ1n) is 9.91. The fourth-order valence-corrected chi connectivity index (χ4v) is 3.86.